The van der Waals surface area contributed by atoms with Gasteiger partial charge >= 0.3 is 6.01 Å². The summed E-state index contributed by atoms with van der Waals surface area (Å²) in [7, 11) is 0. The molecule has 0 radical (unpaired) electrons. The van der Waals surface area contributed by atoms with Crippen molar-refractivity contribution >= 4 is 11.7 Å². The third-order valence-corrected chi connectivity index (χ3v) is 5.11. The summed E-state index contributed by atoms with van der Waals surface area (Å²) >= 11 is 0. The number of aromatic nitrogens is 4. The Morgan fingerprint density at radius 2 is 2.03 bits per heavy atom. The molecule has 4 rings (SSSR count). The first-order valence-electron chi connectivity index (χ1n) is 10.4. The zero-order valence-electron chi connectivity index (χ0n) is 18.2. The van der Waals surface area contributed by atoms with Crippen LogP contribution in [0, 0.1) is 24.7 Å². The molecule has 1 aromatic carbocycles. The molecule has 0 saturated carbocycles. The summed E-state index contributed by atoms with van der Waals surface area (Å²) in [5, 5.41) is 4.01. The van der Waals surface area contributed by atoms with Crippen molar-refractivity contribution in [3.8, 4) is 29.9 Å². The number of anilines is 1. The van der Waals surface area contributed by atoms with Gasteiger partial charge in [0.25, 0.3) is 0 Å². The molecule has 1 fully saturated rings. The molecule has 1 aliphatic heterocycles. The first kappa shape index (κ1) is 22.0. The molecule has 10 heteroatoms. The van der Waals surface area contributed by atoms with Crippen molar-refractivity contribution in [3.05, 3.63) is 53.1 Å². The lowest BCUT2D eigenvalue weighted by molar-refractivity contribution is 0.160. The molecule has 0 aliphatic carbocycles. The summed E-state index contributed by atoms with van der Waals surface area (Å²) in [4.78, 5) is 17.8. The smallest absolute Gasteiger partial charge is 0.324 e. The molecule has 0 spiro atoms. The van der Waals surface area contributed by atoms with Crippen LogP contribution in [0.15, 0.2) is 29.0 Å². The molecule has 0 bridgehead atoms. The number of terminal acetylenes is 1. The summed E-state index contributed by atoms with van der Waals surface area (Å²) < 4.78 is 31.2. The topological polar surface area (TPSA) is 90.8 Å². The van der Waals surface area contributed by atoms with Crippen LogP contribution in [-0.2, 0) is 0 Å². The number of benzene rings is 1. The highest BCUT2D eigenvalue weighted by Gasteiger charge is 2.26. The van der Waals surface area contributed by atoms with Gasteiger partial charge in [0.2, 0.25) is 11.8 Å². The van der Waals surface area contributed by atoms with Crippen molar-refractivity contribution in [2.75, 3.05) is 18.0 Å². The Labute approximate surface area is 190 Å². The van der Waals surface area contributed by atoms with Gasteiger partial charge in [0, 0.05) is 31.8 Å². The predicted molar refractivity (Wildman–Crippen MR) is 117 cm³/mol. The number of piperidine rings is 1. The van der Waals surface area contributed by atoms with E-state index in [1.54, 1.807) is 0 Å². The van der Waals surface area contributed by atoms with Crippen LogP contribution in [0.4, 0.5) is 16.1 Å². The maximum absolute atomic E-state index is 14.2. The Morgan fingerprint density at radius 1 is 1.27 bits per heavy atom. The molecule has 2 aromatic heterocycles. The van der Waals surface area contributed by atoms with Crippen LogP contribution in [-0.4, -0.2) is 39.3 Å². The Bertz CT molecular complexity index is 1220. The third kappa shape index (κ3) is 4.85. The van der Waals surface area contributed by atoms with Gasteiger partial charge in [0.05, 0.1) is 6.57 Å². The lowest BCUT2D eigenvalue weighted by atomic mass is 10.1. The third-order valence-electron chi connectivity index (χ3n) is 5.11. The first-order chi connectivity index (χ1) is 16.0. The van der Waals surface area contributed by atoms with Gasteiger partial charge in [-0.3, -0.25) is 0 Å². The average molecular weight is 448 g/mol. The number of hydrogen-bond donors (Lipinski definition) is 0. The molecule has 0 unspecified atom stereocenters. The van der Waals surface area contributed by atoms with E-state index in [0.29, 0.717) is 37.8 Å². The summed E-state index contributed by atoms with van der Waals surface area (Å²) in [6, 6.07) is 4.38. The summed E-state index contributed by atoms with van der Waals surface area (Å²) in [5.74, 6) is 2.75. The van der Waals surface area contributed by atoms with E-state index < -0.39 is 5.82 Å². The quantitative estimate of drug-likeness (QED) is 0.402. The Balaban J connectivity index is 1.44. The highest BCUT2D eigenvalue weighted by atomic mass is 19.1. The lowest BCUT2D eigenvalue weighted by Gasteiger charge is -2.30. The van der Waals surface area contributed by atoms with Crippen LogP contribution in [0.2, 0.25) is 0 Å². The van der Waals surface area contributed by atoms with E-state index in [4.69, 9.17) is 27.0 Å². The highest BCUT2D eigenvalue weighted by molar-refractivity contribution is 5.51. The van der Waals surface area contributed by atoms with Crippen LogP contribution >= 0.6 is 0 Å². The van der Waals surface area contributed by atoms with Crippen molar-refractivity contribution in [1.29, 1.82) is 0 Å². The molecule has 168 valence electrons. The van der Waals surface area contributed by atoms with Crippen molar-refractivity contribution in [1.82, 2.24) is 20.1 Å². The maximum Gasteiger partial charge on any atom is 0.324 e. The molecule has 1 aliphatic rings. The number of hydrogen-bond acceptors (Lipinski definition) is 8. The van der Waals surface area contributed by atoms with Crippen LogP contribution < -0.4 is 14.4 Å². The van der Waals surface area contributed by atoms with Gasteiger partial charge in [-0.05, 0) is 12.1 Å². The van der Waals surface area contributed by atoms with E-state index in [2.05, 4.69) is 30.9 Å². The fourth-order valence-corrected chi connectivity index (χ4v) is 3.30. The monoisotopic (exact) mass is 448 g/mol. The van der Waals surface area contributed by atoms with Crippen LogP contribution in [0.1, 0.15) is 44.0 Å². The number of ether oxygens (including phenoxy) is 2. The van der Waals surface area contributed by atoms with Crippen molar-refractivity contribution in [2.45, 2.75) is 38.7 Å². The highest BCUT2D eigenvalue weighted by Crippen LogP contribution is 2.32. The second-order valence-corrected chi connectivity index (χ2v) is 7.73. The van der Waals surface area contributed by atoms with E-state index in [0.717, 1.165) is 6.07 Å². The van der Waals surface area contributed by atoms with Gasteiger partial charge in [-0.25, -0.2) is 19.2 Å². The van der Waals surface area contributed by atoms with Gasteiger partial charge in [0.15, 0.2) is 23.1 Å². The van der Waals surface area contributed by atoms with Gasteiger partial charge in [-0.15, -0.1) is 6.42 Å². The van der Waals surface area contributed by atoms with Crippen molar-refractivity contribution in [3.63, 3.8) is 0 Å². The fourth-order valence-electron chi connectivity index (χ4n) is 3.30. The van der Waals surface area contributed by atoms with E-state index in [1.165, 1.54) is 18.5 Å². The van der Waals surface area contributed by atoms with Gasteiger partial charge in [-0.1, -0.05) is 31.0 Å². The Kier molecular flexibility index (Phi) is 6.36. The summed E-state index contributed by atoms with van der Waals surface area (Å²) in [6.07, 6.45) is 8.15. The van der Waals surface area contributed by atoms with Crippen molar-refractivity contribution in [2.24, 2.45) is 0 Å². The average Bonchev–Trinajstić information content (AvgIpc) is 3.32. The van der Waals surface area contributed by atoms with E-state index >= 15 is 0 Å². The summed E-state index contributed by atoms with van der Waals surface area (Å²) in [6.45, 7) is 12.3. The molecule has 0 N–H and O–H groups in total. The first-order valence-corrected chi connectivity index (χ1v) is 10.4. The van der Waals surface area contributed by atoms with Crippen LogP contribution in [0.3, 0.4) is 0 Å². The van der Waals surface area contributed by atoms with E-state index in [-0.39, 0.29) is 40.8 Å². The SMILES string of the molecule is [C-]#[N+]c1ccc(Oc2ncnc(OC3CCN(c4nc(C(C)C)no4)CC3)c2C#C)c(F)c1. The maximum atomic E-state index is 14.2. The predicted octanol–water partition coefficient (Wildman–Crippen LogP) is 4.49. The Morgan fingerprint density at radius 3 is 2.67 bits per heavy atom. The Hall–Kier alpha value is -4.18. The molecular formula is C23H21FN6O3. The standard InChI is InChI=1S/C23H21FN6O3/c1-5-17-21(26-13-27-22(17)32-19-7-6-15(25-4)12-18(19)24)31-16-8-10-30(11-9-16)23-28-20(14(2)3)29-33-23/h1,6-7,12-14,16H,8-11H2,2-3H3. The minimum atomic E-state index is -0.693. The molecule has 3 aromatic rings. The van der Waals surface area contributed by atoms with E-state index in [1.807, 2.05) is 18.7 Å². The van der Waals surface area contributed by atoms with Gasteiger partial charge in [-0.2, -0.15) is 4.98 Å². The van der Waals surface area contributed by atoms with Crippen molar-refractivity contribution < 1.29 is 18.4 Å². The summed E-state index contributed by atoms with van der Waals surface area (Å²) in [5.41, 5.74) is 0.350. The normalized spacial score (nSPS) is 14.1. The molecule has 1 saturated heterocycles. The molecule has 0 amide bonds. The number of rotatable bonds is 6. The number of nitrogens with zero attached hydrogens (tertiary/aromatic N) is 6. The van der Waals surface area contributed by atoms with Gasteiger partial charge in [0.1, 0.15) is 18.0 Å². The molecule has 33 heavy (non-hydrogen) atoms. The van der Waals surface area contributed by atoms with Crippen LogP contribution in [0.25, 0.3) is 4.85 Å². The second-order valence-electron chi connectivity index (χ2n) is 7.73. The largest absolute Gasteiger partial charge is 0.473 e. The second kappa shape index (κ2) is 9.53. The molecule has 3 heterocycles. The minimum absolute atomic E-state index is 0.00136. The lowest BCUT2D eigenvalue weighted by Crippen LogP contribution is -2.38. The van der Waals surface area contributed by atoms with Gasteiger partial charge < -0.3 is 18.9 Å². The van der Waals surface area contributed by atoms with Crippen LogP contribution in [0.5, 0.6) is 17.5 Å². The van der Waals surface area contributed by atoms with E-state index in [9.17, 15) is 4.39 Å². The molecule has 9 nitrogen and oxygen atoms in total. The minimum Gasteiger partial charge on any atom is -0.473 e. The number of halogens is 1. The zero-order valence-corrected chi connectivity index (χ0v) is 18.2. The molecule has 0 atom stereocenters. The zero-order chi connectivity index (χ0) is 23.4. The fraction of sp³-hybridized carbons (Fsp3) is 0.348. The molecular weight excluding hydrogens is 427 g/mol.